The molecule has 0 spiro atoms. The molecule has 0 aliphatic carbocycles. The summed E-state index contributed by atoms with van der Waals surface area (Å²) >= 11 is 1.03. The van der Waals surface area contributed by atoms with Crippen LogP contribution in [0.3, 0.4) is 0 Å². The number of aliphatic hydroxyl groups is 1. The molecule has 1 fully saturated rings. The van der Waals surface area contributed by atoms with Gasteiger partial charge in [0.1, 0.15) is 0 Å². The minimum absolute atomic E-state index is 0.0783. The number of hydrogen-bond donors (Lipinski definition) is 6. The zero-order valence-electron chi connectivity index (χ0n) is 24.0. The van der Waals surface area contributed by atoms with Crippen LogP contribution < -0.4 is 5.32 Å². The number of nitrogens with zero attached hydrogens (tertiary/aromatic N) is 4. The van der Waals surface area contributed by atoms with Gasteiger partial charge in [-0.05, 0) is 24.1 Å². The van der Waals surface area contributed by atoms with Gasteiger partial charge in [-0.3, -0.25) is 43.6 Å². The first kappa shape index (κ1) is 35.9. The maximum absolute atomic E-state index is 11.9. The molecule has 1 atom stereocenters. The van der Waals surface area contributed by atoms with Crippen molar-refractivity contribution in [2.75, 3.05) is 96.2 Å². The number of anilines is 1. The summed E-state index contributed by atoms with van der Waals surface area (Å²) in [5, 5.41) is 49.8. The van der Waals surface area contributed by atoms with Gasteiger partial charge in [-0.1, -0.05) is 23.9 Å². The molecule has 1 aliphatic heterocycles. The molecule has 0 radical (unpaired) electrons. The topological polar surface area (TPSA) is 211 Å². The fourth-order valence-electron chi connectivity index (χ4n) is 4.77. The number of nitrogens with one attached hydrogen (secondary N) is 1. The van der Waals surface area contributed by atoms with Crippen molar-refractivity contribution in [1.82, 2.24) is 19.6 Å². The molecule has 240 valence electrons. The Morgan fingerprint density at radius 2 is 1.21 bits per heavy atom. The molecule has 15 nitrogen and oxygen atoms in total. The van der Waals surface area contributed by atoms with E-state index in [1.165, 1.54) is 0 Å². The minimum atomic E-state index is -1.08. The molecule has 1 aliphatic rings. The number of benzene rings is 1. The molecular formula is C27H41N5O10S. The first-order valence-electron chi connectivity index (χ1n) is 13.8. The van der Waals surface area contributed by atoms with Crippen LogP contribution in [-0.2, 0) is 30.4 Å². The van der Waals surface area contributed by atoms with E-state index in [4.69, 9.17) is 5.11 Å². The van der Waals surface area contributed by atoms with E-state index in [-0.39, 0.29) is 90.3 Å². The van der Waals surface area contributed by atoms with Gasteiger partial charge in [0.15, 0.2) is 0 Å². The molecule has 0 aromatic heterocycles. The summed E-state index contributed by atoms with van der Waals surface area (Å²) < 4.78 is 0. The van der Waals surface area contributed by atoms with Gasteiger partial charge >= 0.3 is 23.9 Å². The Bertz CT molecular complexity index is 1080. The predicted molar refractivity (Wildman–Crippen MR) is 158 cm³/mol. The Morgan fingerprint density at radius 3 is 1.72 bits per heavy atom. The lowest BCUT2D eigenvalue weighted by Gasteiger charge is -2.37. The summed E-state index contributed by atoms with van der Waals surface area (Å²) in [4.78, 5) is 65.1. The number of rotatable bonds is 15. The van der Waals surface area contributed by atoms with Crippen molar-refractivity contribution >= 4 is 46.4 Å². The Labute approximate surface area is 254 Å². The monoisotopic (exact) mass is 627 g/mol. The van der Waals surface area contributed by atoms with E-state index >= 15 is 0 Å². The Morgan fingerprint density at radius 1 is 0.721 bits per heavy atom. The number of aliphatic hydroxyl groups excluding tert-OH is 1. The van der Waals surface area contributed by atoms with E-state index in [9.17, 15) is 44.4 Å². The maximum atomic E-state index is 11.9. The number of carboxylic acid groups (broad SMARTS) is 4. The molecule has 1 aromatic carbocycles. The van der Waals surface area contributed by atoms with Crippen molar-refractivity contribution in [3.05, 3.63) is 29.8 Å². The molecule has 1 saturated heterocycles. The van der Waals surface area contributed by atoms with Gasteiger partial charge in [-0.15, -0.1) is 0 Å². The fraction of sp³-hybridized carbons (Fsp3) is 0.593. The smallest absolute Gasteiger partial charge is 0.317 e. The molecular weight excluding hydrogens is 586 g/mol. The normalized spacial score (nSPS) is 18.3. The molecule has 1 heterocycles. The molecule has 16 heteroatoms. The van der Waals surface area contributed by atoms with Crippen molar-refractivity contribution < 1.29 is 49.5 Å². The Hall–Kier alpha value is -3.28. The van der Waals surface area contributed by atoms with Crippen molar-refractivity contribution in [2.24, 2.45) is 0 Å². The van der Waals surface area contributed by atoms with Crippen LogP contribution in [0.15, 0.2) is 24.3 Å². The minimum Gasteiger partial charge on any atom is -0.480 e. The zero-order chi connectivity index (χ0) is 31.8. The lowest BCUT2D eigenvalue weighted by atomic mass is 10.0. The predicted octanol–water partition coefficient (Wildman–Crippen LogP) is -1.18. The lowest BCUT2D eigenvalue weighted by molar-refractivity contribution is -0.142. The van der Waals surface area contributed by atoms with E-state index < -0.39 is 29.9 Å². The second-order valence-electron chi connectivity index (χ2n) is 10.2. The molecule has 0 bridgehead atoms. The number of aliphatic carboxylic acids is 4. The van der Waals surface area contributed by atoms with E-state index in [0.717, 1.165) is 17.3 Å². The highest BCUT2D eigenvalue weighted by Crippen LogP contribution is 2.16. The van der Waals surface area contributed by atoms with Gasteiger partial charge in [-0.2, -0.15) is 0 Å². The quantitative estimate of drug-likeness (QED) is 0.135. The highest BCUT2D eigenvalue weighted by molar-refractivity contribution is 8.13. The van der Waals surface area contributed by atoms with E-state index in [1.54, 1.807) is 31.7 Å². The van der Waals surface area contributed by atoms with Crippen LogP contribution in [-0.4, -0.2) is 171 Å². The van der Waals surface area contributed by atoms with Crippen LogP contribution in [0.5, 0.6) is 0 Å². The van der Waals surface area contributed by atoms with Crippen molar-refractivity contribution in [1.29, 1.82) is 0 Å². The summed E-state index contributed by atoms with van der Waals surface area (Å²) in [6.45, 7) is 0.225. The number of hydrogen-bond acceptors (Lipinski definition) is 12. The first-order valence-corrected chi connectivity index (χ1v) is 14.8. The van der Waals surface area contributed by atoms with Crippen molar-refractivity contribution in [3.63, 3.8) is 0 Å². The summed E-state index contributed by atoms with van der Waals surface area (Å²) in [6, 6.07) is 6.75. The van der Waals surface area contributed by atoms with Gasteiger partial charge in [0, 0.05) is 63.3 Å². The number of thioether (sulfide) groups is 1. The van der Waals surface area contributed by atoms with Crippen LogP contribution in [0.1, 0.15) is 5.56 Å². The third kappa shape index (κ3) is 15.1. The summed E-state index contributed by atoms with van der Waals surface area (Å²) in [5.74, 6) is -3.96. The third-order valence-electron chi connectivity index (χ3n) is 6.79. The SMILES string of the molecule is O=C(O)CN1CCN(CC(=O)O)CCN(CC(=O)O)C(Cc2ccc(NCC(=O)SCCO)cc2)CN(CC(=O)O)CC1. The van der Waals surface area contributed by atoms with Crippen molar-refractivity contribution in [3.8, 4) is 0 Å². The largest absolute Gasteiger partial charge is 0.480 e. The van der Waals surface area contributed by atoms with Gasteiger partial charge in [0.05, 0.1) is 39.3 Å². The van der Waals surface area contributed by atoms with Crippen LogP contribution in [0, 0.1) is 0 Å². The maximum Gasteiger partial charge on any atom is 0.317 e. The van der Waals surface area contributed by atoms with Crippen LogP contribution >= 0.6 is 11.8 Å². The molecule has 1 aromatic rings. The molecule has 6 N–H and O–H groups in total. The lowest BCUT2D eigenvalue weighted by Crippen LogP contribution is -2.53. The van der Waals surface area contributed by atoms with Gasteiger partial charge in [0.2, 0.25) is 5.12 Å². The molecule has 0 amide bonds. The van der Waals surface area contributed by atoms with Gasteiger partial charge in [0.25, 0.3) is 0 Å². The fourth-order valence-corrected chi connectivity index (χ4v) is 5.26. The summed E-state index contributed by atoms with van der Waals surface area (Å²) in [7, 11) is 0. The van der Waals surface area contributed by atoms with Crippen molar-refractivity contribution in [2.45, 2.75) is 12.5 Å². The molecule has 1 unspecified atom stereocenters. The van der Waals surface area contributed by atoms with Crippen LogP contribution in [0.4, 0.5) is 5.69 Å². The second kappa shape index (κ2) is 19.1. The Balaban J connectivity index is 2.31. The second-order valence-corrected chi connectivity index (χ2v) is 11.3. The standard InChI is InChI=1S/C27H41N5O10S/c33-11-12-43-27(42)14-28-21-3-1-20(2-4-21)13-22-15-31(18-25(38)39)8-7-29(16-23(34)35)5-6-30(17-24(36)37)9-10-32(22)19-26(40)41/h1-4,22,28,33H,5-19H2,(H,34,35)(H,36,37)(H,38,39)(H,40,41). The van der Waals surface area contributed by atoms with Gasteiger partial charge < -0.3 is 30.8 Å². The molecule has 43 heavy (non-hydrogen) atoms. The highest BCUT2D eigenvalue weighted by Gasteiger charge is 2.27. The summed E-state index contributed by atoms with van der Waals surface area (Å²) in [6.07, 6.45) is 0.354. The van der Waals surface area contributed by atoms with Gasteiger partial charge in [-0.25, -0.2) is 0 Å². The van der Waals surface area contributed by atoms with E-state index in [2.05, 4.69) is 5.32 Å². The number of carbonyl (C=O) groups is 5. The average Bonchev–Trinajstić information content (AvgIpc) is 2.92. The average molecular weight is 628 g/mol. The first-order chi connectivity index (χ1) is 20.4. The summed E-state index contributed by atoms with van der Waals surface area (Å²) in [5.41, 5.74) is 1.53. The number of carbonyl (C=O) groups excluding carboxylic acids is 1. The Kier molecular flexibility index (Phi) is 15.9. The van der Waals surface area contributed by atoms with Crippen LogP contribution in [0.2, 0.25) is 0 Å². The molecule has 0 saturated carbocycles. The third-order valence-corrected chi connectivity index (χ3v) is 7.64. The van der Waals surface area contributed by atoms with Crippen LogP contribution in [0.25, 0.3) is 0 Å². The zero-order valence-corrected chi connectivity index (χ0v) is 24.8. The highest BCUT2D eigenvalue weighted by atomic mass is 32.2. The number of carboxylic acids is 4. The van der Waals surface area contributed by atoms with E-state index in [1.807, 2.05) is 12.1 Å². The molecule has 2 rings (SSSR count). The van der Waals surface area contributed by atoms with E-state index in [0.29, 0.717) is 17.9 Å².